The van der Waals surface area contributed by atoms with Crippen LogP contribution in [0.5, 0.6) is 0 Å². The molecule has 0 aromatic carbocycles. The summed E-state index contributed by atoms with van der Waals surface area (Å²) >= 11 is 0. The summed E-state index contributed by atoms with van der Waals surface area (Å²) in [6.45, 7) is 0. The average Bonchev–Trinajstić information content (AvgIpc) is 3.04. The quantitative estimate of drug-likeness (QED) is 0.743. The Morgan fingerprint density at radius 3 is 2.24 bits per heavy atom. The van der Waals surface area contributed by atoms with Crippen molar-refractivity contribution in [3.05, 3.63) is 36.4 Å². The van der Waals surface area contributed by atoms with Gasteiger partial charge in [-0.3, -0.25) is 4.79 Å². The average molecular weight is 339 g/mol. The zero-order valence-corrected chi connectivity index (χ0v) is 14.4. The van der Waals surface area contributed by atoms with Crippen LogP contribution in [0.1, 0.15) is 43.4 Å². The Labute approximate surface area is 146 Å². The van der Waals surface area contributed by atoms with E-state index in [1.165, 1.54) is 0 Å². The predicted molar refractivity (Wildman–Crippen MR) is 91.3 cm³/mol. The van der Waals surface area contributed by atoms with E-state index in [0.717, 1.165) is 11.6 Å². The molecule has 130 valence electrons. The third-order valence-corrected chi connectivity index (χ3v) is 4.34. The van der Waals surface area contributed by atoms with Gasteiger partial charge in [-0.2, -0.15) is 10.2 Å². The lowest BCUT2D eigenvalue weighted by Gasteiger charge is -2.19. The summed E-state index contributed by atoms with van der Waals surface area (Å²) in [4.78, 5) is 21.2. The molecule has 0 unspecified atom stereocenters. The first kappa shape index (κ1) is 16.9. The molecule has 3 rings (SSSR count). The Hall–Kier alpha value is -2.95. The summed E-state index contributed by atoms with van der Waals surface area (Å²) < 4.78 is 3.75. The Morgan fingerprint density at radius 1 is 1.20 bits per heavy atom. The van der Waals surface area contributed by atoms with Crippen molar-refractivity contribution in [1.82, 2.24) is 24.4 Å². The van der Waals surface area contributed by atoms with Crippen molar-refractivity contribution in [2.45, 2.75) is 37.4 Å². The second-order valence-electron chi connectivity index (χ2n) is 6.18. The van der Waals surface area contributed by atoms with Crippen molar-refractivity contribution in [3.8, 4) is 12.3 Å². The Bertz CT molecular complexity index is 780. The summed E-state index contributed by atoms with van der Waals surface area (Å²) in [5, 5.41) is 11.2. The van der Waals surface area contributed by atoms with Gasteiger partial charge in [-0.1, -0.05) is 0 Å². The van der Waals surface area contributed by atoms with Gasteiger partial charge in [-0.15, -0.1) is 12.3 Å². The normalized spacial score (nSPS) is 14.5. The minimum absolute atomic E-state index is 0.0895. The standard InChI is InChI=1S/C17H21N7O/c1-4-5-7-17(21-22-17)8-6-13(25)20-14(15-18-9-11-23(15)2)16-19-10-12-24(16)3/h1,9-12,14H,5-8H2,2-3H3,(H,20,25). The minimum atomic E-state index is -0.453. The Balaban J connectivity index is 1.67. The minimum Gasteiger partial charge on any atom is -0.339 e. The monoisotopic (exact) mass is 339 g/mol. The van der Waals surface area contributed by atoms with E-state index in [-0.39, 0.29) is 5.91 Å². The first-order valence-corrected chi connectivity index (χ1v) is 8.16. The number of terminal acetylenes is 1. The summed E-state index contributed by atoms with van der Waals surface area (Å²) in [6.07, 6.45) is 14.6. The molecule has 3 heterocycles. The van der Waals surface area contributed by atoms with Gasteiger partial charge in [-0.05, 0) is 0 Å². The lowest BCUT2D eigenvalue weighted by atomic mass is 10.0. The molecular formula is C17H21N7O. The Kier molecular flexibility index (Phi) is 4.65. The van der Waals surface area contributed by atoms with Crippen LogP contribution in [0.25, 0.3) is 0 Å². The number of nitrogens with zero attached hydrogens (tertiary/aromatic N) is 6. The summed E-state index contributed by atoms with van der Waals surface area (Å²) in [5.41, 5.74) is -0.453. The maximum absolute atomic E-state index is 12.5. The highest BCUT2D eigenvalue weighted by Crippen LogP contribution is 2.37. The van der Waals surface area contributed by atoms with Crippen molar-refractivity contribution in [3.63, 3.8) is 0 Å². The van der Waals surface area contributed by atoms with Gasteiger partial charge in [0.25, 0.3) is 0 Å². The van der Waals surface area contributed by atoms with E-state index >= 15 is 0 Å². The van der Waals surface area contributed by atoms with E-state index in [1.807, 2.05) is 35.6 Å². The second-order valence-corrected chi connectivity index (χ2v) is 6.18. The van der Waals surface area contributed by atoms with Gasteiger partial charge < -0.3 is 14.5 Å². The molecule has 1 aliphatic rings. The predicted octanol–water partition coefficient (Wildman–Crippen LogP) is 1.71. The summed E-state index contributed by atoms with van der Waals surface area (Å²) in [7, 11) is 3.78. The highest BCUT2D eigenvalue weighted by atomic mass is 16.1. The molecule has 8 heteroatoms. The van der Waals surface area contributed by atoms with Crippen LogP contribution in [-0.2, 0) is 18.9 Å². The van der Waals surface area contributed by atoms with Crippen LogP contribution in [0.15, 0.2) is 35.0 Å². The fourth-order valence-corrected chi connectivity index (χ4v) is 2.77. The molecule has 8 nitrogen and oxygen atoms in total. The number of hydrogen-bond acceptors (Lipinski definition) is 5. The van der Waals surface area contributed by atoms with Crippen molar-refractivity contribution >= 4 is 5.91 Å². The molecule has 1 amide bonds. The molecule has 0 aliphatic carbocycles. The largest absolute Gasteiger partial charge is 0.339 e. The van der Waals surface area contributed by atoms with Gasteiger partial charge in [0.15, 0.2) is 5.66 Å². The van der Waals surface area contributed by atoms with Gasteiger partial charge in [0.05, 0.1) is 0 Å². The van der Waals surface area contributed by atoms with Crippen LogP contribution in [0.4, 0.5) is 0 Å². The van der Waals surface area contributed by atoms with E-state index in [2.05, 4.69) is 31.4 Å². The number of carbonyl (C=O) groups is 1. The zero-order chi connectivity index (χ0) is 17.9. The maximum Gasteiger partial charge on any atom is 0.221 e. The Morgan fingerprint density at radius 2 is 1.80 bits per heavy atom. The number of aryl methyl sites for hydroxylation is 2. The lowest BCUT2D eigenvalue weighted by molar-refractivity contribution is -0.122. The molecule has 1 aliphatic heterocycles. The summed E-state index contributed by atoms with van der Waals surface area (Å²) in [6, 6.07) is -0.415. The van der Waals surface area contributed by atoms with Crippen LogP contribution < -0.4 is 5.32 Å². The van der Waals surface area contributed by atoms with Crippen LogP contribution in [-0.4, -0.2) is 30.7 Å². The fourth-order valence-electron chi connectivity index (χ4n) is 2.77. The van der Waals surface area contributed by atoms with Gasteiger partial charge >= 0.3 is 0 Å². The molecule has 2 aromatic rings. The fraction of sp³-hybridized carbons (Fsp3) is 0.471. The van der Waals surface area contributed by atoms with E-state index in [9.17, 15) is 4.79 Å². The second kappa shape index (κ2) is 6.89. The van der Waals surface area contributed by atoms with Crippen molar-refractivity contribution in [2.75, 3.05) is 0 Å². The van der Waals surface area contributed by atoms with Crippen LogP contribution in [0.2, 0.25) is 0 Å². The van der Waals surface area contributed by atoms with Gasteiger partial charge in [0, 0.05) is 64.6 Å². The number of amides is 1. The molecule has 25 heavy (non-hydrogen) atoms. The number of imidazole rings is 2. The number of nitrogens with one attached hydrogen (secondary N) is 1. The zero-order valence-electron chi connectivity index (χ0n) is 14.4. The van der Waals surface area contributed by atoms with Crippen LogP contribution >= 0.6 is 0 Å². The highest BCUT2D eigenvalue weighted by molar-refractivity contribution is 5.76. The number of carbonyl (C=O) groups excluding carboxylic acids is 1. The molecule has 2 aromatic heterocycles. The highest BCUT2D eigenvalue weighted by Gasteiger charge is 2.39. The molecule has 1 N–H and O–H groups in total. The molecule has 0 bridgehead atoms. The smallest absolute Gasteiger partial charge is 0.221 e. The van der Waals surface area contributed by atoms with Gasteiger partial charge in [0.2, 0.25) is 5.91 Å². The molecule has 0 spiro atoms. The van der Waals surface area contributed by atoms with E-state index in [0.29, 0.717) is 25.7 Å². The van der Waals surface area contributed by atoms with Gasteiger partial charge in [-0.25, -0.2) is 9.97 Å². The third-order valence-electron chi connectivity index (χ3n) is 4.34. The molecule has 0 radical (unpaired) electrons. The third kappa shape index (κ3) is 3.76. The van der Waals surface area contributed by atoms with Gasteiger partial charge in [0.1, 0.15) is 17.7 Å². The van der Waals surface area contributed by atoms with Crippen molar-refractivity contribution in [1.29, 1.82) is 0 Å². The summed E-state index contributed by atoms with van der Waals surface area (Å²) in [5.74, 6) is 3.96. The molecule has 0 atom stereocenters. The van der Waals surface area contributed by atoms with E-state index in [1.54, 1.807) is 12.4 Å². The molecular weight excluding hydrogens is 318 g/mol. The van der Waals surface area contributed by atoms with E-state index < -0.39 is 11.7 Å². The van der Waals surface area contributed by atoms with Crippen molar-refractivity contribution in [2.24, 2.45) is 24.3 Å². The number of hydrogen-bond donors (Lipinski definition) is 1. The van der Waals surface area contributed by atoms with Crippen molar-refractivity contribution < 1.29 is 4.79 Å². The molecule has 0 fully saturated rings. The molecule has 0 saturated heterocycles. The SMILES string of the molecule is C#CCCC1(CCC(=O)NC(c2nccn2C)c2nccn2C)N=N1. The van der Waals surface area contributed by atoms with E-state index in [4.69, 9.17) is 6.42 Å². The topological polar surface area (TPSA) is 89.5 Å². The molecule has 0 saturated carbocycles. The number of rotatable bonds is 8. The van der Waals surface area contributed by atoms with Crippen LogP contribution in [0, 0.1) is 12.3 Å². The first-order valence-electron chi connectivity index (χ1n) is 8.16. The first-order chi connectivity index (χ1) is 12.0. The van der Waals surface area contributed by atoms with Crippen LogP contribution in [0.3, 0.4) is 0 Å². The maximum atomic E-state index is 12.5. The number of aromatic nitrogens is 4. The lowest BCUT2D eigenvalue weighted by Crippen LogP contribution is -2.33.